The van der Waals surface area contributed by atoms with Crippen LogP contribution < -0.4 is 15.4 Å². The number of carbonyl (C=O) groups is 1. The van der Waals surface area contributed by atoms with Crippen molar-refractivity contribution >= 4 is 28.4 Å². The van der Waals surface area contributed by atoms with E-state index in [1.54, 1.807) is 11.0 Å². The number of alkyl halides is 3. The number of aromatic nitrogens is 3. The van der Waals surface area contributed by atoms with E-state index in [9.17, 15) is 18.0 Å². The van der Waals surface area contributed by atoms with Crippen molar-refractivity contribution in [1.29, 1.82) is 0 Å². The van der Waals surface area contributed by atoms with Crippen LogP contribution in [0.3, 0.4) is 0 Å². The number of halogens is 4. The summed E-state index contributed by atoms with van der Waals surface area (Å²) in [5.41, 5.74) is 3.71. The highest BCUT2D eigenvalue weighted by molar-refractivity contribution is 5.95. The van der Waals surface area contributed by atoms with Crippen molar-refractivity contribution in [2.45, 2.75) is 51.9 Å². The van der Waals surface area contributed by atoms with E-state index in [2.05, 4.69) is 26.4 Å². The lowest BCUT2D eigenvalue weighted by molar-refractivity contribution is -0.137. The minimum Gasteiger partial charge on any atom is -0.462 e. The Bertz CT molecular complexity index is 1580. The number of pyridine rings is 1. The first-order valence-corrected chi connectivity index (χ1v) is 14.2. The number of aryl methyl sites for hydroxylation is 2. The van der Waals surface area contributed by atoms with E-state index in [1.807, 2.05) is 18.9 Å². The quantitative estimate of drug-likeness (QED) is 0.320. The number of nitrogens with zero attached hydrogens (tertiary/aromatic N) is 6. The molecule has 1 amide bonds. The van der Waals surface area contributed by atoms with E-state index in [0.717, 1.165) is 25.5 Å². The number of rotatable bonds is 6. The van der Waals surface area contributed by atoms with Crippen LogP contribution in [0.15, 0.2) is 24.8 Å². The van der Waals surface area contributed by atoms with Crippen molar-refractivity contribution in [2.24, 2.45) is 0 Å². The maximum atomic E-state index is 16.6. The van der Waals surface area contributed by atoms with Gasteiger partial charge >= 0.3 is 12.2 Å². The lowest BCUT2D eigenvalue weighted by Gasteiger charge is -2.40. The number of nitrogens with two attached hydrogens (primary N) is 1. The molecule has 2 aromatic heterocycles. The average molecular weight is 602 g/mol. The maximum absolute atomic E-state index is 16.6. The predicted molar refractivity (Wildman–Crippen MR) is 156 cm³/mol. The van der Waals surface area contributed by atoms with Crippen LogP contribution in [-0.2, 0) is 11.0 Å². The van der Waals surface area contributed by atoms with Gasteiger partial charge in [-0.3, -0.25) is 4.79 Å². The van der Waals surface area contributed by atoms with Gasteiger partial charge in [-0.15, -0.1) is 0 Å². The number of ether oxygens (including phenoxy) is 1. The Hall–Kier alpha value is -4.00. The second-order valence-corrected chi connectivity index (χ2v) is 11.3. The number of nitrogen functional groups attached to an aromatic ring is 1. The van der Waals surface area contributed by atoms with E-state index >= 15 is 4.39 Å². The fraction of sp³-hybridized carbons (Fsp3) is 0.467. The number of benzene rings is 1. The Morgan fingerprint density at radius 1 is 1.16 bits per heavy atom. The Labute approximate surface area is 247 Å². The monoisotopic (exact) mass is 601 g/mol. The highest BCUT2D eigenvalue weighted by atomic mass is 19.4. The number of amides is 1. The molecule has 13 heteroatoms. The fourth-order valence-corrected chi connectivity index (χ4v) is 6.09. The molecule has 1 aromatic carbocycles. The van der Waals surface area contributed by atoms with Crippen molar-refractivity contribution in [2.75, 3.05) is 50.5 Å². The van der Waals surface area contributed by atoms with Crippen molar-refractivity contribution in [1.82, 2.24) is 24.8 Å². The fourth-order valence-electron chi connectivity index (χ4n) is 6.09. The van der Waals surface area contributed by atoms with Crippen LogP contribution in [-0.4, -0.2) is 82.6 Å². The molecule has 2 saturated heterocycles. The van der Waals surface area contributed by atoms with E-state index < -0.39 is 23.3 Å². The van der Waals surface area contributed by atoms with Crippen LogP contribution in [0.4, 0.5) is 29.2 Å². The zero-order chi connectivity index (χ0) is 31.2. The summed E-state index contributed by atoms with van der Waals surface area (Å²) in [4.78, 5) is 31.1. The molecule has 0 radical (unpaired) electrons. The molecule has 5 rings (SSSR count). The van der Waals surface area contributed by atoms with Gasteiger partial charge in [-0.1, -0.05) is 6.58 Å². The van der Waals surface area contributed by atoms with Crippen LogP contribution in [0, 0.1) is 19.7 Å². The van der Waals surface area contributed by atoms with Gasteiger partial charge in [0.2, 0.25) is 5.91 Å². The van der Waals surface area contributed by atoms with Gasteiger partial charge in [0, 0.05) is 42.7 Å². The molecule has 2 fully saturated rings. The van der Waals surface area contributed by atoms with Gasteiger partial charge in [0.25, 0.3) is 0 Å². The second kappa shape index (κ2) is 11.6. The van der Waals surface area contributed by atoms with Crippen molar-refractivity contribution in [3.63, 3.8) is 0 Å². The van der Waals surface area contributed by atoms with Crippen LogP contribution in [0.2, 0.25) is 0 Å². The normalized spacial score (nSPS) is 19.7. The van der Waals surface area contributed by atoms with Gasteiger partial charge in [0.15, 0.2) is 5.82 Å². The number of likely N-dealkylation sites (tertiary alicyclic amines) is 1. The molecule has 0 bridgehead atoms. The summed E-state index contributed by atoms with van der Waals surface area (Å²) in [7, 11) is 1.99. The lowest BCUT2D eigenvalue weighted by atomic mass is 9.95. The molecule has 0 aliphatic carbocycles. The minimum atomic E-state index is -4.80. The number of likely N-dealkylation sites (N-methyl/N-ethyl adjacent to an activating group) is 1. The van der Waals surface area contributed by atoms with E-state index in [4.69, 9.17) is 10.5 Å². The Kier molecular flexibility index (Phi) is 8.21. The van der Waals surface area contributed by atoms with Crippen LogP contribution in [0.25, 0.3) is 22.2 Å². The largest absolute Gasteiger partial charge is 0.462 e. The molecule has 3 aromatic rings. The molecule has 0 unspecified atom stereocenters. The Morgan fingerprint density at radius 3 is 2.53 bits per heavy atom. The number of hydrogen-bond donors (Lipinski definition) is 1. The minimum absolute atomic E-state index is 0.0824. The Balaban J connectivity index is 1.68. The first-order chi connectivity index (χ1) is 20.3. The highest BCUT2D eigenvalue weighted by Gasteiger charge is 2.38. The van der Waals surface area contributed by atoms with Gasteiger partial charge in [0.05, 0.1) is 11.3 Å². The summed E-state index contributed by atoms with van der Waals surface area (Å²) < 4.78 is 65.3. The Morgan fingerprint density at radius 2 is 1.91 bits per heavy atom. The number of carbonyl (C=O) groups excluding carboxylic acids is 1. The number of hydrogen-bond acceptors (Lipinski definition) is 8. The standard InChI is InChI=1S/C30H35F4N7O2/c1-6-22(42)40-10-11-41(18(4)14-40)28-20-12-16(2)23(27-24(30(32,33)34)17(3)13-21(35)36-27)25(31)26(20)37-29(38-28)43-15-19-8-7-9-39(19)5/h6,12-13,18-19H,1,7-11,14-15H2,2-5H3,(H2,35,36)/t18-,19-/m0/s1. The topological polar surface area (TPSA) is 101 Å². The molecular weight excluding hydrogens is 566 g/mol. The number of anilines is 2. The summed E-state index contributed by atoms with van der Waals surface area (Å²) in [6, 6.07) is 2.52. The molecule has 0 spiro atoms. The third-order valence-electron chi connectivity index (χ3n) is 8.31. The summed E-state index contributed by atoms with van der Waals surface area (Å²) >= 11 is 0. The van der Waals surface area contributed by atoms with Gasteiger partial charge < -0.3 is 25.2 Å². The van der Waals surface area contributed by atoms with Gasteiger partial charge in [-0.2, -0.15) is 23.1 Å². The molecule has 2 N–H and O–H groups in total. The first kappa shape index (κ1) is 30.5. The van der Waals surface area contributed by atoms with Gasteiger partial charge in [0.1, 0.15) is 23.8 Å². The number of fused-ring (bicyclic) bond motifs is 1. The molecular formula is C30H35F4N7O2. The summed E-state index contributed by atoms with van der Waals surface area (Å²) in [6.45, 7) is 10.6. The molecule has 43 heavy (non-hydrogen) atoms. The first-order valence-electron chi connectivity index (χ1n) is 14.2. The average Bonchev–Trinajstić information content (AvgIpc) is 3.34. The molecule has 2 aliphatic rings. The third kappa shape index (κ3) is 5.82. The maximum Gasteiger partial charge on any atom is 0.418 e. The van der Waals surface area contributed by atoms with Crippen LogP contribution >= 0.6 is 0 Å². The summed E-state index contributed by atoms with van der Waals surface area (Å²) in [5.74, 6) is -0.953. The van der Waals surface area contributed by atoms with Gasteiger partial charge in [-0.05, 0) is 76.5 Å². The molecule has 0 saturated carbocycles. The predicted octanol–water partition coefficient (Wildman–Crippen LogP) is 4.74. The van der Waals surface area contributed by atoms with Crippen LogP contribution in [0.5, 0.6) is 6.01 Å². The second-order valence-electron chi connectivity index (χ2n) is 11.3. The van der Waals surface area contributed by atoms with Crippen molar-refractivity contribution in [3.05, 3.63) is 47.3 Å². The molecule has 230 valence electrons. The van der Waals surface area contributed by atoms with Crippen molar-refractivity contribution in [3.8, 4) is 17.3 Å². The highest BCUT2D eigenvalue weighted by Crippen LogP contribution is 2.43. The summed E-state index contributed by atoms with van der Waals surface area (Å²) in [5, 5.41) is 0.314. The van der Waals surface area contributed by atoms with E-state index in [0.29, 0.717) is 30.8 Å². The SMILES string of the molecule is C=CC(=O)N1CCN(c2nc(OC[C@@H]3CCCN3C)nc3c(F)c(-c4nc(N)cc(C)c4C(F)(F)F)c(C)cc23)[C@@H](C)C1. The zero-order valence-electron chi connectivity index (χ0n) is 24.6. The third-order valence-corrected chi connectivity index (χ3v) is 8.31. The smallest absolute Gasteiger partial charge is 0.418 e. The molecule has 2 aliphatic heterocycles. The van der Waals surface area contributed by atoms with Gasteiger partial charge in [-0.25, -0.2) is 9.37 Å². The van der Waals surface area contributed by atoms with Crippen molar-refractivity contribution < 1.29 is 27.1 Å². The summed E-state index contributed by atoms with van der Waals surface area (Å²) in [6.07, 6.45) is -1.60. The molecule has 2 atom stereocenters. The zero-order valence-corrected chi connectivity index (χ0v) is 24.6. The lowest BCUT2D eigenvalue weighted by Crippen LogP contribution is -2.53. The van der Waals surface area contributed by atoms with E-state index in [1.165, 1.54) is 19.9 Å². The molecule has 4 heterocycles. The number of piperazine rings is 1. The molecule has 9 nitrogen and oxygen atoms in total. The van der Waals surface area contributed by atoms with E-state index in [-0.39, 0.29) is 58.6 Å². The van der Waals surface area contributed by atoms with Crippen LogP contribution in [0.1, 0.15) is 36.5 Å².